The largest absolute Gasteiger partial charge is 0.455 e. The lowest BCUT2D eigenvalue weighted by Crippen LogP contribution is -2.32. The fourth-order valence-electron chi connectivity index (χ4n) is 6.52. The maximum Gasteiger partial charge on any atom is 0.140 e. The topological polar surface area (TPSA) is 9.23 Å². The average molecular weight is 447 g/mol. The second kappa shape index (κ2) is 6.61. The van der Waals surface area contributed by atoms with Gasteiger partial charge in [0, 0.05) is 21.9 Å². The third kappa shape index (κ3) is 2.28. The molecule has 0 saturated carbocycles. The van der Waals surface area contributed by atoms with E-state index in [1.807, 2.05) is 0 Å². The molecule has 1 heterocycles. The number of fused-ring (bicyclic) bond motifs is 13. The minimum atomic E-state index is -0.436. The van der Waals surface area contributed by atoms with Gasteiger partial charge in [0.15, 0.2) is 0 Å². The van der Waals surface area contributed by atoms with Crippen LogP contribution in [0.1, 0.15) is 27.8 Å². The third-order valence-corrected chi connectivity index (χ3v) is 7.97. The van der Waals surface area contributed by atoms with Gasteiger partial charge in [0.2, 0.25) is 0 Å². The van der Waals surface area contributed by atoms with E-state index in [-0.39, 0.29) is 0 Å². The van der Waals surface area contributed by atoms with Gasteiger partial charge >= 0.3 is 0 Å². The highest BCUT2D eigenvalue weighted by Crippen LogP contribution is 2.63. The van der Waals surface area contributed by atoms with Crippen LogP contribution >= 0.6 is 0 Å². The van der Waals surface area contributed by atoms with E-state index in [2.05, 4.69) is 122 Å². The molecule has 1 aliphatic carbocycles. The van der Waals surface area contributed by atoms with Gasteiger partial charge in [0.05, 0.1) is 5.41 Å². The molecule has 8 rings (SSSR count). The summed E-state index contributed by atoms with van der Waals surface area (Å²) < 4.78 is 6.95. The Labute approximate surface area is 204 Å². The summed E-state index contributed by atoms with van der Waals surface area (Å²) >= 11 is 0. The molecule has 0 atom stereocenters. The first-order chi connectivity index (χ1) is 17.3. The highest BCUT2D eigenvalue weighted by Gasteiger charge is 2.51. The number of rotatable bonds is 0. The van der Waals surface area contributed by atoms with E-state index in [0.29, 0.717) is 0 Å². The van der Waals surface area contributed by atoms with Crippen molar-refractivity contribution in [2.24, 2.45) is 0 Å². The molecule has 0 unspecified atom stereocenters. The van der Waals surface area contributed by atoms with E-state index in [1.165, 1.54) is 49.7 Å². The Morgan fingerprint density at radius 2 is 1.06 bits per heavy atom. The van der Waals surface area contributed by atoms with E-state index in [9.17, 15) is 0 Å². The second-order valence-corrected chi connectivity index (χ2v) is 9.77. The molecule has 0 fully saturated rings. The van der Waals surface area contributed by atoms with Crippen LogP contribution in [0, 0.1) is 6.92 Å². The summed E-state index contributed by atoms with van der Waals surface area (Å²) in [5, 5.41) is 4.70. The van der Waals surface area contributed by atoms with Gasteiger partial charge in [-0.15, -0.1) is 0 Å². The molecule has 0 saturated heterocycles. The first-order valence-corrected chi connectivity index (χ1v) is 12.2. The van der Waals surface area contributed by atoms with Crippen LogP contribution in [0.2, 0.25) is 0 Å². The second-order valence-electron chi connectivity index (χ2n) is 9.77. The zero-order chi connectivity index (χ0) is 23.1. The van der Waals surface area contributed by atoms with Crippen LogP contribution in [0.4, 0.5) is 0 Å². The van der Waals surface area contributed by atoms with E-state index in [1.54, 1.807) is 0 Å². The van der Waals surface area contributed by atoms with E-state index < -0.39 is 5.41 Å². The highest BCUT2D eigenvalue weighted by atomic mass is 16.5. The first kappa shape index (κ1) is 19.0. The van der Waals surface area contributed by atoms with Crippen molar-refractivity contribution in [3.05, 3.63) is 143 Å². The Hall–Kier alpha value is -4.36. The highest BCUT2D eigenvalue weighted by molar-refractivity contribution is 5.99. The molecule has 164 valence electrons. The van der Waals surface area contributed by atoms with Crippen LogP contribution < -0.4 is 4.74 Å². The number of ether oxygens (including phenoxy) is 1. The third-order valence-electron chi connectivity index (χ3n) is 7.97. The molecule has 35 heavy (non-hydrogen) atoms. The van der Waals surface area contributed by atoms with Gasteiger partial charge in [-0.05, 0) is 39.9 Å². The molecular weight excluding hydrogens is 424 g/mol. The average Bonchev–Trinajstić information content (AvgIpc) is 3.19. The summed E-state index contributed by atoms with van der Waals surface area (Å²) in [6.45, 7) is 2.19. The minimum Gasteiger partial charge on any atom is -0.455 e. The standard InChI is InChI=1S/C34H22O/c1-21-14-17-27-26-12-6-7-13-28(26)34(31(27)20-21)29-18-15-22-8-2-4-10-24(22)32(29)35-33-25-11-5-3-9-23(25)16-19-30(33)34/h2-20H,1H3. The van der Waals surface area contributed by atoms with Crippen LogP contribution in [0.25, 0.3) is 32.7 Å². The zero-order valence-corrected chi connectivity index (χ0v) is 19.4. The summed E-state index contributed by atoms with van der Waals surface area (Å²) in [7, 11) is 0. The Balaban J connectivity index is 1.64. The quantitative estimate of drug-likeness (QED) is 0.226. The summed E-state index contributed by atoms with van der Waals surface area (Å²) in [5.41, 5.74) is 8.56. The van der Waals surface area contributed by atoms with Crippen molar-refractivity contribution < 1.29 is 4.74 Å². The van der Waals surface area contributed by atoms with Gasteiger partial charge in [0.1, 0.15) is 11.5 Å². The smallest absolute Gasteiger partial charge is 0.140 e. The molecule has 1 nitrogen and oxygen atoms in total. The van der Waals surface area contributed by atoms with Crippen LogP contribution in [-0.4, -0.2) is 0 Å². The predicted molar refractivity (Wildman–Crippen MR) is 144 cm³/mol. The lowest BCUT2D eigenvalue weighted by atomic mass is 9.65. The van der Waals surface area contributed by atoms with Crippen molar-refractivity contribution in [2.75, 3.05) is 0 Å². The summed E-state index contributed by atoms with van der Waals surface area (Å²) in [4.78, 5) is 0. The van der Waals surface area contributed by atoms with Gasteiger partial charge in [-0.2, -0.15) is 0 Å². The number of hydrogen-bond donors (Lipinski definition) is 0. The molecule has 0 N–H and O–H groups in total. The fourth-order valence-corrected chi connectivity index (χ4v) is 6.52. The van der Waals surface area contributed by atoms with Crippen molar-refractivity contribution in [1.82, 2.24) is 0 Å². The van der Waals surface area contributed by atoms with Crippen molar-refractivity contribution in [3.8, 4) is 22.6 Å². The molecule has 6 aromatic rings. The SMILES string of the molecule is Cc1ccc2c(c1)C1(c3ccccc3-2)c2ccc3ccccc3c2Oc2c1ccc1ccccc21. The summed E-state index contributed by atoms with van der Waals surface area (Å²) in [5.74, 6) is 1.94. The Morgan fingerprint density at radius 3 is 1.74 bits per heavy atom. The van der Waals surface area contributed by atoms with Crippen LogP contribution in [0.5, 0.6) is 11.5 Å². The van der Waals surface area contributed by atoms with Gasteiger partial charge in [-0.3, -0.25) is 0 Å². The monoisotopic (exact) mass is 446 g/mol. The lowest BCUT2D eigenvalue weighted by molar-refractivity contribution is 0.447. The van der Waals surface area contributed by atoms with Crippen LogP contribution in [0.3, 0.4) is 0 Å². The van der Waals surface area contributed by atoms with Gasteiger partial charge in [-0.1, -0.05) is 121 Å². The van der Waals surface area contributed by atoms with Crippen molar-refractivity contribution in [2.45, 2.75) is 12.3 Å². The minimum absolute atomic E-state index is 0.436. The first-order valence-electron chi connectivity index (χ1n) is 12.2. The van der Waals surface area contributed by atoms with Crippen LogP contribution in [0.15, 0.2) is 115 Å². The Bertz CT molecular complexity index is 1760. The van der Waals surface area contributed by atoms with Crippen LogP contribution in [-0.2, 0) is 5.41 Å². The van der Waals surface area contributed by atoms with Gasteiger partial charge in [0.25, 0.3) is 0 Å². The fraction of sp³-hybridized carbons (Fsp3) is 0.0588. The maximum absolute atomic E-state index is 6.95. The van der Waals surface area contributed by atoms with Gasteiger partial charge < -0.3 is 4.74 Å². The molecule has 0 aromatic heterocycles. The molecule has 1 aliphatic heterocycles. The van der Waals surface area contributed by atoms with Crippen molar-refractivity contribution in [3.63, 3.8) is 0 Å². The maximum atomic E-state index is 6.95. The van der Waals surface area contributed by atoms with E-state index >= 15 is 0 Å². The molecule has 0 amide bonds. The Morgan fingerprint density at radius 1 is 0.486 bits per heavy atom. The molecule has 1 spiro atoms. The Kier molecular flexibility index (Phi) is 3.59. The predicted octanol–water partition coefficient (Wildman–Crippen LogP) is 8.77. The van der Waals surface area contributed by atoms with Crippen molar-refractivity contribution >= 4 is 21.5 Å². The van der Waals surface area contributed by atoms with Gasteiger partial charge in [-0.25, -0.2) is 0 Å². The molecule has 0 radical (unpaired) electrons. The molecule has 1 heteroatoms. The van der Waals surface area contributed by atoms with Crippen molar-refractivity contribution in [1.29, 1.82) is 0 Å². The molecular formula is C34H22O. The normalized spacial score (nSPS) is 14.3. The molecule has 0 bridgehead atoms. The number of benzene rings is 6. The van der Waals surface area contributed by atoms with E-state index in [0.717, 1.165) is 22.3 Å². The lowest BCUT2D eigenvalue weighted by Gasteiger charge is -2.40. The number of aryl methyl sites for hydroxylation is 1. The molecule has 2 aliphatic rings. The molecule has 6 aromatic carbocycles. The summed E-state index contributed by atoms with van der Waals surface area (Å²) in [6, 6.07) is 42.1. The zero-order valence-electron chi connectivity index (χ0n) is 19.4. The summed E-state index contributed by atoms with van der Waals surface area (Å²) in [6.07, 6.45) is 0. The van der Waals surface area contributed by atoms with E-state index in [4.69, 9.17) is 4.74 Å². The number of hydrogen-bond acceptors (Lipinski definition) is 1.